The lowest BCUT2D eigenvalue weighted by molar-refractivity contribution is 0.103. The number of benzene rings is 1. The van der Waals surface area contributed by atoms with Gasteiger partial charge in [-0.2, -0.15) is 0 Å². The lowest BCUT2D eigenvalue weighted by atomic mass is 10.2. The highest BCUT2D eigenvalue weighted by Gasteiger charge is 2.15. The van der Waals surface area contributed by atoms with E-state index < -0.39 is 0 Å². The van der Waals surface area contributed by atoms with E-state index >= 15 is 0 Å². The number of anilines is 2. The molecule has 1 amide bonds. The van der Waals surface area contributed by atoms with E-state index in [9.17, 15) is 4.79 Å². The second-order valence-electron chi connectivity index (χ2n) is 4.70. The van der Waals surface area contributed by atoms with Gasteiger partial charge in [0.25, 0.3) is 5.91 Å². The van der Waals surface area contributed by atoms with Gasteiger partial charge in [0.05, 0.1) is 23.8 Å². The molecule has 6 heteroatoms. The van der Waals surface area contributed by atoms with E-state index in [2.05, 4.69) is 26.1 Å². The molecule has 1 fully saturated rings. The van der Waals surface area contributed by atoms with E-state index in [0.29, 0.717) is 4.88 Å². The van der Waals surface area contributed by atoms with Crippen LogP contribution in [-0.2, 0) is 4.74 Å². The SMILES string of the molecule is O=C(Nc1ccc(N2CCOCC2)c(Br)c1)c1cccs1. The summed E-state index contributed by atoms with van der Waals surface area (Å²) in [5.74, 6) is -0.0731. The van der Waals surface area contributed by atoms with E-state index in [0.717, 1.165) is 42.2 Å². The first-order chi connectivity index (χ1) is 10.2. The van der Waals surface area contributed by atoms with Crippen molar-refractivity contribution in [2.24, 2.45) is 0 Å². The van der Waals surface area contributed by atoms with Crippen molar-refractivity contribution in [3.8, 4) is 0 Å². The molecule has 4 nitrogen and oxygen atoms in total. The molecule has 1 N–H and O–H groups in total. The third kappa shape index (κ3) is 3.45. The van der Waals surface area contributed by atoms with Gasteiger partial charge in [0.15, 0.2) is 0 Å². The Morgan fingerprint density at radius 3 is 2.76 bits per heavy atom. The molecule has 0 spiro atoms. The fourth-order valence-corrected chi connectivity index (χ4v) is 3.49. The first-order valence-corrected chi connectivity index (χ1v) is 8.38. The van der Waals surface area contributed by atoms with E-state index in [1.165, 1.54) is 11.3 Å². The zero-order valence-electron chi connectivity index (χ0n) is 11.3. The molecule has 2 aromatic rings. The fraction of sp³-hybridized carbons (Fsp3) is 0.267. The van der Waals surface area contributed by atoms with Gasteiger partial charge in [-0.25, -0.2) is 0 Å². The van der Waals surface area contributed by atoms with Crippen molar-refractivity contribution in [1.82, 2.24) is 0 Å². The molecule has 0 bridgehead atoms. The summed E-state index contributed by atoms with van der Waals surface area (Å²) in [6, 6.07) is 9.59. The van der Waals surface area contributed by atoms with Gasteiger partial charge in [0, 0.05) is 23.2 Å². The summed E-state index contributed by atoms with van der Waals surface area (Å²) in [4.78, 5) is 15.0. The van der Waals surface area contributed by atoms with Crippen LogP contribution in [0.15, 0.2) is 40.2 Å². The lowest BCUT2D eigenvalue weighted by Crippen LogP contribution is -2.36. The topological polar surface area (TPSA) is 41.6 Å². The molecule has 0 atom stereocenters. The van der Waals surface area contributed by atoms with Gasteiger partial charge in [0.2, 0.25) is 0 Å². The van der Waals surface area contributed by atoms with Gasteiger partial charge in [-0.05, 0) is 45.6 Å². The predicted octanol–water partition coefficient (Wildman–Crippen LogP) is 3.60. The molecule has 1 aromatic carbocycles. The number of thiophene rings is 1. The molecule has 0 saturated carbocycles. The van der Waals surface area contributed by atoms with Gasteiger partial charge in [0.1, 0.15) is 0 Å². The highest BCUT2D eigenvalue weighted by atomic mass is 79.9. The number of carbonyl (C=O) groups is 1. The number of carbonyl (C=O) groups excluding carboxylic acids is 1. The smallest absolute Gasteiger partial charge is 0.265 e. The number of morpholine rings is 1. The third-order valence-corrected chi connectivity index (χ3v) is 4.81. The van der Waals surface area contributed by atoms with Crippen molar-refractivity contribution in [1.29, 1.82) is 0 Å². The van der Waals surface area contributed by atoms with Crippen LogP contribution in [0.1, 0.15) is 9.67 Å². The molecule has 0 unspecified atom stereocenters. The number of nitrogens with zero attached hydrogens (tertiary/aromatic N) is 1. The van der Waals surface area contributed by atoms with Crippen LogP contribution in [-0.4, -0.2) is 32.2 Å². The third-order valence-electron chi connectivity index (χ3n) is 3.30. The van der Waals surface area contributed by atoms with Crippen LogP contribution in [0.5, 0.6) is 0 Å². The molecular weight excluding hydrogens is 352 g/mol. The molecule has 2 heterocycles. The first-order valence-electron chi connectivity index (χ1n) is 6.71. The summed E-state index contributed by atoms with van der Waals surface area (Å²) in [6.07, 6.45) is 0. The number of nitrogens with one attached hydrogen (secondary N) is 1. The van der Waals surface area contributed by atoms with Crippen LogP contribution >= 0.6 is 27.3 Å². The average molecular weight is 367 g/mol. The minimum atomic E-state index is -0.0731. The van der Waals surface area contributed by atoms with Crippen molar-refractivity contribution in [2.75, 3.05) is 36.5 Å². The molecular formula is C15H15BrN2O2S. The highest BCUT2D eigenvalue weighted by Crippen LogP contribution is 2.30. The first kappa shape index (κ1) is 14.6. The Bertz CT molecular complexity index is 625. The number of amides is 1. The van der Waals surface area contributed by atoms with E-state index in [1.54, 1.807) is 0 Å². The van der Waals surface area contributed by atoms with Crippen molar-refractivity contribution in [2.45, 2.75) is 0 Å². The maximum Gasteiger partial charge on any atom is 0.265 e. The number of ether oxygens (including phenoxy) is 1. The second-order valence-corrected chi connectivity index (χ2v) is 6.50. The van der Waals surface area contributed by atoms with Crippen LogP contribution in [0, 0.1) is 0 Å². The normalized spacial score (nSPS) is 15.0. The second kappa shape index (κ2) is 6.60. The summed E-state index contributed by atoms with van der Waals surface area (Å²) in [5, 5.41) is 4.81. The Kier molecular flexibility index (Phi) is 4.57. The van der Waals surface area contributed by atoms with Crippen LogP contribution < -0.4 is 10.2 Å². The lowest BCUT2D eigenvalue weighted by Gasteiger charge is -2.29. The quantitative estimate of drug-likeness (QED) is 0.901. The van der Waals surface area contributed by atoms with Crippen molar-refractivity contribution in [3.05, 3.63) is 45.1 Å². The molecule has 3 rings (SSSR count). The Balaban J connectivity index is 1.73. The Hall–Kier alpha value is -1.37. The minimum Gasteiger partial charge on any atom is -0.378 e. The Morgan fingerprint density at radius 2 is 2.10 bits per heavy atom. The van der Waals surface area contributed by atoms with Crippen molar-refractivity contribution < 1.29 is 9.53 Å². The van der Waals surface area contributed by atoms with Crippen LogP contribution in [0.25, 0.3) is 0 Å². The highest BCUT2D eigenvalue weighted by molar-refractivity contribution is 9.10. The zero-order chi connectivity index (χ0) is 14.7. The summed E-state index contributed by atoms with van der Waals surface area (Å²) in [7, 11) is 0. The van der Waals surface area contributed by atoms with Gasteiger partial charge >= 0.3 is 0 Å². The Labute approximate surface area is 135 Å². The minimum absolute atomic E-state index is 0.0731. The maximum atomic E-state index is 12.0. The number of rotatable bonds is 3. The van der Waals surface area contributed by atoms with Gasteiger partial charge in [-0.1, -0.05) is 6.07 Å². The molecule has 1 aliphatic rings. The predicted molar refractivity (Wildman–Crippen MR) is 89.4 cm³/mol. The van der Waals surface area contributed by atoms with Crippen LogP contribution in [0.2, 0.25) is 0 Å². The van der Waals surface area contributed by atoms with E-state index in [-0.39, 0.29) is 5.91 Å². The molecule has 1 aliphatic heterocycles. The summed E-state index contributed by atoms with van der Waals surface area (Å²) in [6.45, 7) is 3.28. The average Bonchev–Trinajstić information content (AvgIpc) is 3.02. The molecule has 0 radical (unpaired) electrons. The van der Waals surface area contributed by atoms with Crippen LogP contribution in [0.4, 0.5) is 11.4 Å². The molecule has 0 aliphatic carbocycles. The number of hydrogen-bond acceptors (Lipinski definition) is 4. The molecule has 1 aromatic heterocycles. The maximum absolute atomic E-state index is 12.0. The van der Waals surface area contributed by atoms with Gasteiger partial charge < -0.3 is 15.0 Å². The molecule has 1 saturated heterocycles. The fourth-order valence-electron chi connectivity index (χ4n) is 2.25. The summed E-state index contributed by atoms with van der Waals surface area (Å²) in [5.41, 5.74) is 1.92. The number of halogens is 1. The number of hydrogen-bond donors (Lipinski definition) is 1. The van der Waals surface area contributed by atoms with Crippen molar-refractivity contribution >= 4 is 44.5 Å². The van der Waals surface area contributed by atoms with Gasteiger partial charge in [-0.3, -0.25) is 4.79 Å². The van der Waals surface area contributed by atoms with E-state index in [4.69, 9.17) is 4.74 Å². The summed E-state index contributed by atoms with van der Waals surface area (Å²) >= 11 is 5.02. The largest absolute Gasteiger partial charge is 0.378 e. The van der Waals surface area contributed by atoms with Crippen LogP contribution in [0.3, 0.4) is 0 Å². The van der Waals surface area contributed by atoms with Gasteiger partial charge in [-0.15, -0.1) is 11.3 Å². The summed E-state index contributed by atoms with van der Waals surface area (Å²) < 4.78 is 6.35. The zero-order valence-corrected chi connectivity index (χ0v) is 13.7. The molecule has 110 valence electrons. The standard InChI is InChI=1S/C15H15BrN2O2S/c16-12-10-11(17-15(19)14-2-1-9-21-14)3-4-13(12)18-5-7-20-8-6-18/h1-4,9-10H,5-8H2,(H,17,19). The monoisotopic (exact) mass is 366 g/mol. The molecule has 21 heavy (non-hydrogen) atoms. The Morgan fingerprint density at radius 1 is 1.29 bits per heavy atom. The van der Waals surface area contributed by atoms with E-state index in [1.807, 2.05) is 35.7 Å². The van der Waals surface area contributed by atoms with Crippen molar-refractivity contribution in [3.63, 3.8) is 0 Å².